The van der Waals surface area contributed by atoms with Crippen molar-refractivity contribution >= 4 is 34.6 Å². The molecule has 5 rings (SSSR count). The molecule has 6 heteroatoms. The summed E-state index contributed by atoms with van der Waals surface area (Å²) in [5, 5.41) is 4.61. The first-order valence-corrected chi connectivity index (χ1v) is 13.4. The summed E-state index contributed by atoms with van der Waals surface area (Å²) in [6.07, 6.45) is 9.28. The van der Waals surface area contributed by atoms with E-state index in [1.165, 1.54) is 37.7 Å². The Morgan fingerprint density at radius 2 is 1.76 bits per heavy atom. The third kappa shape index (κ3) is 5.17. The molecular weight excluding hydrogens is 446 g/mol. The second-order valence-corrected chi connectivity index (χ2v) is 10.6. The smallest absolute Gasteiger partial charge is 0.375 e. The number of carbonyl (C=O) groups is 2. The fourth-order valence-corrected chi connectivity index (χ4v) is 6.53. The van der Waals surface area contributed by atoms with Gasteiger partial charge in [-0.15, -0.1) is 0 Å². The van der Waals surface area contributed by atoms with Crippen molar-refractivity contribution in [3.63, 3.8) is 0 Å². The molecule has 0 saturated heterocycles. The lowest BCUT2D eigenvalue weighted by molar-refractivity contribution is -0.125. The third-order valence-electron chi connectivity index (χ3n) is 6.94. The maximum absolute atomic E-state index is 13.0. The Morgan fingerprint density at radius 3 is 2.65 bits per heavy atom. The number of carbonyl (C=O) groups excluding carboxylic acids is 2. The van der Waals surface area contributed by atoms with E-state index in [-0.39, 0.29) is 24.3 Å². The Labute approximate surface area is 204 Å². The maximum Gasteiger partial charge on any atom is 0.375 e. The van der Waals surface area contributed by atoms with Gasteiger partial charge in [0.25, 0.3) is 5.91 Å². The van der Waals surface area contributed by atoms with Gasteiger partial charge in [0.1, 0.15) is 5.58 Å². The number of thioether (sulfide) groups is 1. The first kappa shape index (κ1) is 23.0. The largest absolute Gasteiger partial charge is 0.450 e. The lowest BCUT2D eigenvalue weighted by Crippen LogP contribution is -2.34. The van der Waals surface area contributed by atoms with Crippen molar-refractivity contribution in [2.45, 2.75) is 68.4 Å². The lowest BCUT2D eigenvalue weighted by atomic mass is 9.88. The fourth-order valence-electron chi connectivity index (χ4n) is 5.18. The highest BCUT2D eigenvalue weighted by Crippen LogP contribution is 2.35. The van der Waals surface area contributed by atoms with Gasteiger partial charge in [-0.05, 0) is 49.3 Å². The van der Waals surface area contributed by atoms with Crippen molar-refractivity contribution in [1.29, 1.82) is 0 Å². The molecule has 2 aliphatic rings. The standard InChI is InChI=1S/C28H31NO4S/c30-26(29-24-15-8-10-19-9-4-5-13-21(19)24)17-32-28(31)27-23(18-34-20-11-2-1-3-12-20)22-14-6-7-16-25(22)33-27/h4-7,9,13-14,16,20,24H,1-3,8,10-12,15,17-18H2,(H,29,30)/t24-/m0/s1. The van der Waals surface area contributed by atoms with Gasteiger partial charge in [-0.1, -0.05) is 61.7 Å². The van der Waals surface area contributed by atoms with Gasteiger partial charge >= 0.3 is 5.97 Å². The van der Waals surface area contributed by atoms with Crippen LogP contribution in [0.15, 0.2) is 52.9 Å². The molecule has 1 heterocycles. The quantitative estimate of drug-likeness (QED) is 0.402. The number of benzene rings is 2. The molecule has 1 aromatic heterocycles. The highest BCUT2D eigenvalue weighted by molar-refractivity contribution is 7.99. The first-order chi connectivity index (χ1) is 16.7. The van der Waals surface area contributed by atoms with E-state index in [0.717, 1.165) is 35.8 Å². The van der Waals surface area contributed by atoms with Gasteiger partial charge in [-0.3, -0.25) is 4.79 Å². The number of amides is 1. The highest BCUT2D eigenvalue weighted by atomic mass is 32.2. The third-order valence-corrected chi connectivity index (χ3v) is 8.34. The van der Waals surface area contributed by atoms with Gasteiger partial charge in [0, 0.05) is 22.0 Å². The number of hydrogen-bond donors (Lipinski definition) is 1. The number of para-hydroxylation sites is 1. The van der Waals surface area contributed by atoms with Crippen LogP contribution in [-0.2, 0) is 21.7 Å². The Balaban J connectivity index is 1.24. The van der Waals surface area contributed by atoms with E-state index in [9.17, 15) is 9.59 Å². The van der Waals surface area contributed by atoms with E-state index in [1.807, 2.05) is 48.2 Å². The molecule has 3 aromatic rings. The number of aryl methyl sites for hydroxylation is 1. The van der Waals surface area contributed by atoms with Crippen LogP contribution in [0.4, 0.5) is 0 Å². The van der Waals surface area contributed by atoms with Gasteiger partial charge < -0.3 is 14.5 Å². The number of esters is 1. The summed E-state index contributed by atoms with van der Waals surface area (Å²) in [7, 11) is 0. The van der Waals surface area contributed by atoms with E-state index in [1.54, 1.807) is 0 Å². The van der Waals surface area contributed by atoms with Crippen LogP contribution >= 0.6 is 11.8 Å². The monoisotopic (exact) mass is 477 g/mol. The molecule has 0 spiro atoms. The van der Waals surface area contributed by atoms with Crippen LogP contribution in [0.2, 0.25) is 0 Å². The average molecular weight is 478 g/mol. The van der Waals surface area contributed by atoms with Gasteiger partial charge in [0.05, 0.1) is 6.04 Å². The highest BCUT2D eigenvalue weighted by Gasteiger charge is 2.25. The molecule has 1 saturated carbocycles. The summed E-state index contributed by atoms with van der Waals surface area (Å²) in [6, 6.07) is 15.9. The summed E-state index contributed by atoms with van der Waals surface area (Å²) >= 11 is 1.90. The van der Waals surface area contributed by atoms with Gasteiger partial charge in [0.2, 0.25) is 5.76 Å². The van der Waals surface area contributed by atoms with Crippen LogP contribution in [0, 0.1) is 0 Å². The van der Waals surface area contributed by atoms with Crippen LogP contribution in [0.1, 0.15) is 78.2 Å². The Morgan fingerprint density at radius 1 is 0.971 bits per heavy atom. The summed E-state index contributed by atoms with van der Waals surface area (Å²) < 4.78 is 11.3. The van der Waals surface area contributed by atoms with Crippen LogP contribution in [0.25, 0.3) is 11.0 Å². The maximum atomic E-state index is 13.0. The molecule has 1 amide bonds. The predicted molar refractivity (Wildman–Crippen MR) is 135 cm³/mol. The summed E-state index contributed by atoms with van der Waals surface area (Å²) in [6.45, 7) is -0.316. The summed E-state index contributed by atoms with van der Waals surface area (Å²) in [4.78, 5) is 25.6. The molecule has 178 valence electrons. The SMILES string of the molecule is O=C(COC(=O)c1oc2ccccc2c1CSC1CCCCC1)N[C@H]1CCCc2ccccc21. The van der Waals surface area contributed by atoms with E-state index in [0.29, 0.717) is 16.6 Å². The number of fused-ring (bicyclic) bond motifs is 2. The van der Waals surface area contributed by atoms with Crippen molar-refractivity contribution in [3.05, 3.63) is 71.0 Å². The number of furan rings is 1. The van der Waals surface area contributed by atoms with Crippen LogP contribution in [0.3, 0.4) is 0 Å². The van der Waals surface area contributed by atoms with E-state index < -0.39 is 5.97 Å². The first-order valence-electron chi connectivity index (χ1n) is 12.4. The van der Waals surface area contributed by atoms with Crippen LogP contribution in [0.5, 0.6) is 0 Å². The Kier molecular flexibility index (Phi) is 7.24. The van der Waals surface area contributed by atoms with Crippen molar-refractivity contribution < 1.29 is 18.7 Å². The van der Waals surface area contributed by atoms with Gasteiger partial charge in [0.15, 0.2) is 6.61 Å². The molecule has 1 atom stereocenters. The summed E-state index contributed by atoms with van der Waals surface area (Å²) in [5.41, 5.74) is 3.99. The van der Waals surface area contributed by atoms with Gasteiger partial charge in [-0.25, -0.2) is 4.79 Å². The molecule has 0 bridgehead atoms. The summed E-state index contributed by atoms with van der Waals surface area (Å²) in [5.74, 6) is 0.0659. The Hall–Kier alpha value is -2.73. The van der Waals surface area contributed by atoms with Crippen molar-refractivity contribution in [1.82, 2.24) is 5.32 Å². The number of hydrogen-bond acceptors (Lipinski definition) is 5. The van der Waals surface area contributed by atoms with Crippen LogP contribution < -0.4 is 5.32 Å². The zero-order valence-electron chi connectivity index (χ0n) is 19.4. The van der Waals surface area contributed by atoms with Crippen molar-refractivity contribution in [2.75, 3.05) is 6.61 Å². The molecule has 2 aliphatic carbocycles. The number of ether oxygens (including phenoxy) is 1. The van der Waals surface area contributed by atoms with E-state index >= 15 is 0 Å². The average Bonchev–Trinajstić information content (AvgIpc) is 3.25. The topological polar surface area (TPSA) is 68.5 Å². The fraction of sp³-hybridized carbons (Fsp3) is 0.429. The van der Waals surface area contributed by atoms with Crippen LogP contribution in [-0.4, -0.2) is 23.7 Å². The minimum Gasteiger partial charge on any atom is -0.450 e. The number of nitrogens with one attached hydrogen (secondary N) is 1. The minimum absolute atomic E-state index is 0.0372. The minimum atomic E-state index is -0.574. The zero-order valence-corrected chi connectivity index (χ0v) is 20.2. The predicted octanol–water partition coefficient (Wildman–Crippen LogP) is 6.35. The van der Waals surface area contributed by atoms with E-state index in [2.05, 4.69) is 17.4 Å². The lowest BCUT2D eigenvalue weighted by Gasteiger charge is -2.26. The zero-order chi connectivity index (χ0) is 23.3. The number of rotatable bonds is 7. The molecule has 0 unspecified atom stereocenters. The molecule has 0 aliphatic heterocycles. The van der Waals surface area contributed by atoms with Gasteiger partial charge in [-0.2, -0.15) is 11.8 Å². The van der Waals surface area contributed by atoms with Crippen molar-refractivity contribution in [3.8, 4) is 0 Å². The Bertz CT molecular complexity index is 1160. The molecule has 5 nitrogen and oxygen atoms in total. The molecule has 0 radical (unpaired) electrons. The molecule has 1 fully saturated rings. The second-order valence-electron chi connectivity index (χ2n) is 9.26. The normalized spacial score (nSPS) is 18.4. The van der Waals surface area contributed by atoms with Crippen molar-refractivity contribution in [2.24, 2.45) is 0 Å². The molecule has 2 aromatic carbocycles. The van der Waals surface area contributed by atoms with E-state index in [4.69, 9.17) is 9.15 Å². The molecular formula is C28H31NO4S. The molecule has 34 heavy (non-hydrogen) atoms. The molecule has 1 N–H and O–H groups in total. The second kappa shape index (κ2) is 10.7.